The fraction of sp³-hybridized carbons (Fsp3) is 0.650. The van der Waals surface area contributed by atoms with Crippen LogP contribution >= 0.6 is 0 Å². The van der Waals surface area contributed by atoms with Gasteiger partial charge in [-0.3, -0.25) is 9.69 Å². The van der Waals surface area contributed by atoms with Gasteiger partial charge >= 0.3 is 0 Å². The number of hydrogen-bond acceptors (Lipinski definition) is 3. The van der Waals surface area contributed by atoms with Crippen LogP contribution in [-0.4, -0.2) is 54.5 Å². The average Bonchev–Trinajstić information content (AvgIpc) is 3.07. The summed E-state index contributed by atoms with van der Waals surface area (Å²) >= 11 is 0. The number of rotatable bonds is 3. The molecular weight excluding hydrogens is 300 g/mol. The molecule has 1 amide bonds. The molecule has 0 saturated carbocycles. The molecule has 2 atom stereocenters. The van der Waals surface area contributed by atoms with E-state index in [1.54, 1.807) is 0 Å². The molecule has 0 spiro atoms. The van der Waals surface area contributed by atoms with Crippen LogP contribution in [0.25, 0.3) is 0 Å². The number of likely N-dealkylation sites (tertiary alicyclic amines) is 1. The molecule has 24 heavy (non-hydrogen) atoms. The second kappa shape index (κ2) is 7.24. The Balaban J connectivity index is 1.73. The Bertz CT molecular complexity index is 547. The van der Waals surface area contributed by atoms with Crippen molar-refractivity contribution in [3.63, 3.8) is 0 Å². The second-order valence-corrected chi connectivity index (χ2v) is 8.17. The Labute approximate surface area is 145 Å². The van der Waals surface area contributed by atoms with Crippen molar-refractivity contribution < 1.29 is 9.53 Å². The van der Waals surface area contributed by atoms with Crippen LogP contribution < -0.4 is 0 Å². The van der Waals surface area contributed by atoms with Gasteiger partial charge in [0.15, 0.2) is 0 Å². The maximum Gasteiger partial charge on any atom is 0.236 e. The standard InChI is InChI=1S/C20H30N2O2/c1-20(2,3)18-14-22(19(23)15-21-11-7-8-12-21)13-17(24-18)16-9-5-4-6-10-16/h4-6,9-10,17-18H,7-8,11-15H2,1-3H3/t17-,18+/m0/s1. The molecule has 2 heterocycles. The smallest absolute Gasteiger partial charge is 0.236 e. The zero-order valence-corrected chi connectivity index (χ0v) is 15.2. The number of carbonyl (C=O) groups excluding carboxylic acids is 1. The number of hydrogen-bond donors (Lipinski definition) is 0. The van der Waals surface area contributed by atoms with Gasteiger partial charge in [-0.15, -0.1) is 0 Å². The van der Waals surface area contributed by atoms with Crippen molar-refractivity contribution in [2.75, 3.05) is 32.7 Å². The van der Waals surface area contributed by atoms with Gasteiger partial charge in [0, 0.05) is 6.54 Å². The molecular formula is C20H30N2O2. The van der Waals surface area contributed by atoms with Gasteiger partial charge in [0.2, 0.25) is 5.91 Å². The van der Waals surface area contributed by atoms with E-state index >= 15 is 0 Å². The number of amides is 1. The van der Waals surface area contributed by atoms with Gasteiger partial charge in [-0.25, -0.2) is 0 Å². The molecule has 4 nitrogen and oxygen atoms in total. The SMILES string of the molecule is CC(C)(C)[C@H]1CN(C(=O)CN2CCCC2)C[C@@H](c2ccccc2)O1. The molecule has 1 aromatic rings. The van der Waals surface area contributed by atoms with Gasteiger partial charge in [-0.1, -0.05) is 51.1 Å². The molecule has 2 aliphatic heterocycles. The fourth-order valence-electron chi connectivity index (χ4n) is 3.52. The molecule has 3 rings (SSSR count). The van der Waals surface area contributed by atoms with Gasteiger partial charge in [-0.2, -0.15) is 0 Å². The number of ether oxygens (including phenoxy) is 1. The molecule has 0 N–H and O–H groups in total. The summed E-state index contributed by atoms with van der Waals surface area (Å²) in [7, 11) is 0. The minimum Gasteiger partial charge on any atom is -0.366 e. The molecule has 2 fully saturated rings. The zero-order chi connectivity index (χ0) is 17.2. The first-order valence-corrected chi connectivity index (χ1v) is 9.14. The highest BCUT2D eigenvalue weighted by Gasteiger charge is 2.37. The summed E-state index contributed by atoms with van der Waals surface area (Å²) in [6.07, 6.45) is 2.45. The minimum absolute atomic E-state index is 0.0135. The van der Waals surface area contributed by atoms with E-state index in [-0.39, 0.29) is 23.5 Å². The van der Waals surface area contributed by atoms with Crippen molar-refractivity contribution in [3.05, 3.63) is 35.9 Å². The molecule has 2 saturated heterocycles. The Kier molecular flexibility index (Phi) is 5.26. The van der Waals surface area contributed by atoms with E-state index in [4.69, 9.17) is 4.74 Å². The van der Waals surface area contributed by atoms with Crippen LogP contribution in [0.15, 0.2) is 30.3 Å². The molecule has 132 valence electrons. The van der Waals surface area contributed by atoms with Gasteiger partial charge < -0.3 is 9.64 Å². The molecule has 0 bridgehead atoms. The Morgan fingerprint density at radius 1 is 1.12 bits per heavy atom. The van der Waals surface area contributed by atoms with E-state index in [2.05, 4.69) is 37.8 Å². The molecule has 0 aromatic heterocycles. The summed E-state index contributed by atoms with van der Waals surface area (Å²) in [6, 6.07) is 10.3. The van der Waals surface area contributed by atoms with Crippen LogP contribution in [0.1, 0.15) is 45.3 Å². The summed E-state index contributed by atoms with van der Waals surface area (Å²) < 4.78 is 6.38. The van der Waals surface area contributed by atoms with Crippen LogP contribution in [-0.2, 0) is 9.53 Å². The van der Waals surface area contributed by atoms with Gasteiger partial charge in [-0.05, 0) is 36.9 Å². The van der Waals surface area contributed by atoms with E-state index in [9.17, 15) is 4.79 Å². The van der Waals surface area contributed by atoms with Crippen molar-refractivity contribution >= 4 is 5.91 Å². The maximum absolute atomic E-state index is 12.8. The summed E-state index contributed by atoms with van der Waals surface area (Å²) in [4.78, 5) is 17.1. The number of morpholine rings is 1. The van der Waals surface area contributed by atoms with Crippen molar-refractivity contribution in [3.8, 4) is 0 Å². The first-order valence-electron chi connectivity index (χ1n) is 9.14. The largest absolute Gasteiger partial charge is 0.366 e. The molecule has 0 aliphatic carbocycles. The highest BCUT2D eigenvalue weighted by Crippen LogP contribution is 2.33. The van der Waals surface area contributed by atoms with Crippen LogP contribution in [0.2, 0.25) is 0 Å². The highest BCUT2D eigenvalue weighted by atomic mass is 16.5. The molecule has 4 heteroatoms. The lowest BCUT2D eigenvalue weighted by molar-refractivity contribution is -0.157. The molecule has 0 unspecified atom stereocenters. The van der Waals surface area contributed by atoms with E-state index < -0.39 is 0 Å². The van der Waals surface area contributed by atoms with Crippen molar-refractivity contribution in [1.82, 2.24) is 9.80 Å². The number of nitrogens with zero attached hydrogens (tertiary/aromatic N) is 2. The van der Waals surface area contributed by atoms with Gasteiger partial charge in [0.25, 0.3) is 0 Å². The predicted molar refractivity (Wildman–Crippen MR) is 95.8 cm³/mol. The first-order chi connectivity index (χ1) is 11.4. The third-order valence-electron chi connectivity index (χ3n) is 5.15. The Morgan fingerprint density at radius 3 is 2.42 bits per heavy atom. The summed E-state index contributed by atoms with van der Waals surface area (Å²) in [5.74, 6) is 0.246. The maximum atomic E-state index is 12.8. The Morgan fingerprint density at radius 2 is 1.79 bits per heavy atom. The molecule has 2 aliphatic rings. The van der Waals surface area contributed by atoms with Gasteiger partial charge in [0.1, 0.15) is 6.10 Å². The van der Waals surface area contributed by atoms with Crippen LogP contribution in [0, 0.1) is 5.41 Å². The number of carbonyl (C=O) groups is 1. The van der Waals surface area contributed by atoms with E-state index in [0.717, 1.165) is 18.7 Å². The van der Waals surface area contributed by atoms with Crippen molar-refractivity contribution in [1.29, 1.82) is 0 Å². The van der Waals surface area contributed by atoms with Crippen molar-refractivity contribution in [2.45, 2.75) is 45.8 Å². The molecule has 1 aromatic carbocycles. The van der Waals surface area contributed by atoms with Crippen LogP contribution in [0.4, 0.5) is 0 Å². The lowest BCUT2D eigenvalue weighted by atomic mass is 9.87. The summed E-state index contributed by atoms with van der Waals surface area (Å²) in [6.45, 7) is 10.6. The lowest BCUT2D eigenvalue weighted by Crippen LogP contribution is -2.53. The van der Waals surface area contributed by atoms with E-state index in [1.165, 1.54) is 12.8 Å². The van der Waals surface area contributed by atoms with Crippen LogP contribution in [0.3, 0.4) is 0 Å². The van der Waals surface area contributed by atoms with Crippen LogP contribution in [0.5, 0.6) is 0 Å². The van der Waals surface area contributed by atoms with Crippen molar-refractivity contribution in [2.24, 2.45) is 5.41 Å². The third-order valence-corrected chi connectivity index (χ3v) is 5.15. The zero-order valence-electron chi connectivity index (χ0n) is 15.2. The van der Waals surface area contributed by atoms with E-state index in [1.807, 2.05) is 23.1 Å². The first kappa shape index (κ1) is 17.4. The van der Waals surface area contributed by atoms with Gasteiger partial charge in [0.05, 0.1) is 19.2 Å². The van der Waals surface area contributed by atoms with E-state index in [0.29, 0.717) is 19.6 Å². The number of benzene rings is 1. The summed E-state index contributed by atoms with van der Waals surface area (Å²) in [5.41, 5.74) is 1.17. The molecule has 0 radical (unpaired) electrons. The fourth-order valence-corrected chi connectivity index (χ4v) is 3.52. The minimum atomic E-state index is -0.0355. The average molecular weight is 330 g/mol. The quantitative estimate of drug-likeness (QED) is 0.854. The Hall–Kier alpha value is -1.39. The highest BCUT2D eigenvalue weighted by molar-refractivity contribution is 5.78. The second-order valence-electron chi connectivity index (χ2n) is 8.17. The predicted octanol–water partition coefficient (Wildman–Crippen LogP) is 3.10. The summed E-state index contributed by atoms with van der Waals surface area (Å²) in [5, 5.41) is 0. The normalized spacial score (nSPS) is 25.9. The lowest BCUT2D eigenvalue weighted by Gasteiger charge is -2.44. The monoisotopic (exact) mass is 330 g/mol. The third kappa shape index (κ3) is 4.17. The topological polar surface area (TPSA) is 32.8 Å².